The van der Waals surface area contributed by atoms with Crippen LogP contribution in [0.3, 0.4) is 0 Å². The number of nitrogen functional groups attached to an aromatic ring is 2. The third-order valence-corrected chi connectivity index (χ3v) is 2.51. The summed E-state index contributed by atoms with van der Waals surface area (Å²) in [5.74, 6) is -1.73. The van der Waals surface area contributed by atoms with Crippen molar-refractivity contribution >= 4 is 23.2 Å². The molecule has 2 rings (SSSR count). The fourth-order valence-corrected chi connectivity index (χ4v) is 1.46. The largest absolute Gasteiger partial charge is 0.398 e. The predicted molar refractivity (Wildman–Crippen MR) is 78.7 cm³/mol. The highest BCUT2D eigenvalue weighted by Gasteiger charge is 2.05. The SMILES string of the molecule is NC(=O)c1cc(F)ccc1N.NC(=O)c1ccccc1N. The number of amides is 2. The Bertz CT molecular complexity index is 674. The van der Waals surface area contributed by atoms with Gasteiger partial charge in [-0.2, -0.15) is 0 Å². The monoisotopic (exact) mass is 290 g/mol. The number of rotatable bonds is 2. The van der Waals surface area contributed by atoms with E-state index in [-0.39, 0.29) is 11.3 Å². The molecule has 0 aliphatic heterocycles. The lowest BCUT2D eigenvalue weighted by molar-refractivity contribution is 0.0992. The maximum absolute atomic E-state index is 12.4. The first-order valence-corrected chi connectivity index (χ1v) is 5.82. The number of para-hydroxylation sites is 1. The highest BCUT2D eigenvalue weighted by Crippen LogP contribution is 2.11. The fraction of sp³-hybridized carbons (Fsp3) is 0. The number of hydrogen-bond acceptors (Lipinski definition) is 4. The number of carbonyl (C=O) groups excluding carboxylic acids is 2. The zero-order valence-corrected chi connectivity index (χ0v) is 11.0. The number of hydrogen-bond donors (Lipinski definition) is 4. The topological polar surface area (TPSA) is 138 Å². The smallest absolute Gasteiger partial charge is 0.250 e. The highest BCUT2D eigenvalue weighted by molar-refractivity contribution is 5.98. The highest BCUT2D eigenvalue weighted by atomic mass is 19.1. The predicted octanol–water partition coefficient (Wildman–Crippen LogP) is 0.874. The van der Waals surface area contributed by atoms with E-state index in [2.05, 4.69) is 0 Å². The Morgan fingerprint density at radius 1 is 0.810 bits per heavy atom. The Labute approximate surface area is 120 Å². The normalized spacial score (nSPS) is 9.38. The summed E-state index contributed by atoms with van der Waals surface area (Å²) in [6.07, 6.45) is 0. The lowest BCUT2D eigenvalue weighted by atomic mass is 10.2. The van der Waals surface area contributed by atoms with Gasteiger partial charge in [0.15, 0.2) is 0 Å². The summed E-state index contributed by atoms with van der Waals surface area (Å²) in [4.78, 5) is 21.1. The molecule has 0 aliphatic rings. The van der Waals surface area contributed by atoms with Crippen molar-refractivity contribution in [3.05, 3.63) is 59.4 Å². The molecule has 7 heteroatoms. The Morgan fingerprint density at radius 2 is 1.33 bits per heavy atom. The second kappa shape index (κ2) is 6.90. The first-order chi connectivity index (χ1) is 9.82. The number of anilines is 2. The molecular weight excluding hydrogens is 275 g/mol. The zero-order valence-electron chi connectivity index (χ0n) is 11.0. The van der Waals surface area contributed by atoms with Gasteiger partial charge in [0.2, 0.25) is 0 Å². The van der Waals surface area contributed by atoms with Gasteiger partial charge in [0, 0.05) is 11.4 Å². The van der Waals surface area contributed by atoms with Crippen LogP contribution in [0.1, 0.15) is 20.7 Å². The van der Waals surface area contributed by atoms with Gasteiger partial charge in [0.05, 0.1) is 11.1 Å². The summed E-state index contributed by atoms with van der Waals surface area (Å²) in [5, 5.41) is 0. The average Bonchev–Trinajstić information content (AvgIpc) is 2.42. The first kappa shape index (κ1) is 16.0. The minimum Gasteiger partial charge on any atom is -0.398 e. The van der Waals surface area contributed by atoms with Crippen LogP contribution in [0.2, 0.25) is 0 Å². The van der Waals surface area contributed by atoms with Crippen molar-refractivity contribution in [1.29, 1.82) is 0 Å². The van der Waals surface area contributed by atoms with E-state index in [0.29, 0.717) is 11.3 Å². The van der Waals surface area contributed by atoms with Crippen LogP contribution in [0.4, 0.5) is 15.8 Å². The molecule has 0 spiro atoms. The van der Waals surface area contributed by atoms with Crippen molar-refractivity contribution in [2.75, 3.05) is 11.5 Å². The quantitative estimate of drug-likeness (QED) is 0.609. The van der Waals surface area contributed by atoms with Crippen molar-refractivity contribution in [3.8, 4) is 0 Å². The lowest BCUT2D eigenvalue weighted by Gasteiger charge is -1.99. The molecule has 8 N–H and O–H groups in total. The first-order valence-electron chi connectivity index (χ1n) is 5.82. The number of carbonyl (C=O) groups is 2. The molecule has 0 fully saturated rings. The maximum atomic E-state index is 12.4. The molecule has 0 atom stereocenters. The van der Waals surface area contributed by atoms with Gasteiger partial charge in [0.1, 0.15) is 5.82 Å². The number of halogens is 1. The minimum atomic E-state index is -0.720. The van der Waals surface area contributed by atoms with E-state index in [4.69, 9.17) is 22.9 Å². The second-order valence-electron chi connectivity index (χ2n) is 4.05. The maximum Gasteiger partial charge on any atom is 0.250 e. The van der Waals surface area contributed by atoms with Gasteiger partial charge in [-0.3, -0.25) is 9.59 Å². The fourth-order valence-electron chi connectivity index (χ4n) is 1.46. The molecule has 0 unspecified atom stereocenters. The zero-order chi connectivity index (χ0) is 16.0. The van der Waals surface area contributed by atoms with Crippen molar-refractivity contribution in [1.82, 2.24) is 0 Å². The average molecular weight is 290 g/mol. The van der Waals surface area contributed by atoms with E-state index in [9.17, 15) is 14.0 Å². The van der Waals surface area contributed by atoms with Gasteiger partial charge in [-0.15, -0.1) is 0 Å². The summed E-state index contributed by atoms with van der Waals surface area (Å²) in [6, 6.07) is 10.2. The summed E-state index contributed by atoms with van der Waals surface area (Å²) >= 11 is 0. The molecule has 0 saturated carbocycles. The van der Waals surface area contributed by atoms with E-state index in [1.54, 1.807) is 24.3 Å². The van der Waals surface area contributed by atoms with Crippen LogP contribution >= 0.6 is 0 Å². The number of primary amides is 2. The van der Waals surface area contributed by atoms with E-state index in [1.165, 1.54) is 12.1 Å². The van der Waals surface area contributed by atoms with Crippen LogP contribution in [0.15, 0.2) is 42.5 Å². The molecule has 110 valence electrons. The summed E-state index contributed by atoms with van der Waals surface area (Å²) in [5.41, 5.74) is 21.7. The summed E-state index contributed by atoms with van der Waals surface area (Å²) in [7, 11) is 0. The van der Waals surface area contributed by atoms with E-state index >= 15 is 0 Å². The van der Waals surface area contributed by atoms with Crippen molar-refractivity contribution < 1.29 is 14.0 Å². The van der Waals surface area contributed by atoms with E-state index < -0.39 is 17.6 Å². The molecule has 2 aromatic carbocycles. The van der Waals surface area contributed by atoms with Crippen LogP contribution < -0.4 is 22.9 Å². The lowest BCUT2D eigenvalue weighted by Crippen LogP contribution is -2.13. The molecule has 2 aromatic rings. The molecule has 0 heterocycles. The van der Waals surface area contributed by atoms with Crippen LogP contribution in [0, 0.1) is 5.82 Å². The van der Waals surface area contributed by atoms with Crippen molar-refractivity contribution in [2.24, 2.45) is 11.5 Å². The van der Waals surface area contributed by atoms with Gasteiger partial charge in [-0.05, 0) is 30.3 Å². The van der Waals surface area contributed by atoms with E-state index in [0.717, 1.165) is 6.07 Å². The standard InChI is InChI=1S/C7H7FN2O.C7H8N2O/c8-4-1-2-6(9)5(3-4)7(10)11;8-6-4-2-1-3-5(6)7(9)10/h1-3H,9H2,(H2,10,11);1-4H,8H2,(H2,9,10). The molecule has 0 aliphatic carbocycles. The van der Waals surface area contributed by atoms with Crippen LogP contribution in [0.5, 0.6) is 0 Å². The van der Waals surface area contributed by atoms with Crippen molar-refractivity contribution in [2.45, 2.75) is 0 Å². The molecule has 21 heavy (non-hydrogen) atoms. The molecule has 0 bridgehead atoms. The molecule has 6 nitrogen and oxygen atoms in total. The van der Waals surface area contributed by atoms with Gasteiger partial charge in [-0.25, -0.2) is 4.39 Å². The molecular formula is C14H15FN4O2. The Morgan fingerprint density at radius 3 is 1.76 bits per heavy atom. The molecule has 2 amide bonds. The van der Waals surface area contributed by atoms with Crippen molar-refractivity contribution in [3.63, 3.8) is 0 Å². The third kappa shape index (κ3) is 4.50. The number of benzene rings is 2. The van der Waals surface area contributed by atoms with E-state index in [1.807, 2.05) is 0 Å². The Kier molecular flexibility index (Phi) is 5.24. The molecule has 0 aromatic heterocycles. The minimum absolute atomic E-state index is 0.0185. The Hall–Kier alpha value is -3.09. The van der Waals surface area contributed by atoms with Gasteiger partial charge in [-0.1, -0.05) is 12.1 Å². The second-order valence-corrected chi connectivity index (χ2v) is 4.05. The molecule has 0 saturated heterocycles. The van der Waals surface area contributed by atoms with Crippen LogP contribution in [-0.2, 0) is 0 Å². The van der Waals surface area contributed by atoms with Gasteiger partial charge >= 0.3 is 0 Å². The van der Waals surface area contributed by atoms with Gasteiger partial charge in [0.25, 0.3) is 11.8 Å². The molecule has 0 radical (unpaired) electrons. The van der Waals surface area contributed by atoms with Gasteiger partial charge < -0.3 is 22.9 Å². The summed E-state index contributed by atoms with van der Waals surface area (Å²) < 4.78 is 12.4. The van der Waals surface area contributed by atoms with Crippen LogP contribution in [0.25, 0.3) is 0 Å². The Balaban J connectivity index is 0.000000211. The number of nitrogens with two attached hydrogens (primary N) is 4. The van der Waals surface area contributed by atoms with Crippen LogP contribution in [-0.4, -0.2) is 11.8 Å². The third-order valence-electron chi connectivity index (χ3n) is 2.51. The summed E-state index contributed by atoms with van der Waals surface area (Å²) in [6.45, 7) is 0.